The van der Waals surface area contributed by atoms with Crippen LogP contribution in [0.5, 0.6) is 0 Å². The SMILES string of the molecule is CCC(C)(O)CNc1cc(NC)nc(SC)n1. The molecule has 0 fully saturated rings. The fourth-order valence-corrected chi connectivity index (χ4v) is 1.52. The van der Waals surface area contributed by atoms with Gasteiger partial charge in [0.2, 0.25) is 0 Å². The van der Waals surface area contributed by atoms with Crippen molar-refractivity contribution in [3.05, 3.63) is 6.07 Å². The van der Waals surface area contributed by atoms with E-state index in [4.69, 9.17) is 0 Å². The Morgan fingerprint density at radius 1 is 1.41 bits per heavy atom. The molecule has 6 heteroatoms. The van der Waals surface area contributed by atoms with Crippen LogP contribution in [0, 0.1) is 0 Å². The lowest BCUT2D eigenvalue weighted by Gasteiger charge is -2.22. The van der Waals surface area contributed by atoms with Crippen LogP contribution >= 0.6 is 11.8 Å². The average molecular weight is 256 g/mol. The molecule has 0 saturated heterocycles. The van der Waals surface area contributed by atoms with Crippen molar-refractivity contribution in [2.45, 2.75) is 31.0 Å². The third-order valence-corrected chi connectivity index (χ3v) is 3.10. The van der Waals surface area contributed by atoms with Gasteiger partial charge in [0.1, 0.15) is 11.6 Å². The van der Waals surface area contributed by atoms with Crippen molar-refractivity contribution in [3.8, 4) is 0 Å². The molecule has 0 spiro atoms. The van der Waals surface area contributed by atoms with Gasteiger partial charge in [-0.05, 0) is 19.6 Å². The molecule has 1 aromatic rings. The first kappa shape index (κ1) is 14.1. The molecule has 0 aliphatic carbocycles. The number of hydrogen-bond acceptors (Lipinski definition) is 6. The third-order valence-electron chi connectivity index (χ3n) is 2.56. The molecule has 1 heterocycles. The molecule has 1 rings (SSSR count). The second kappa shape index (κ2) is 6.07. The highest BCUT2D eigenvalue weighted by Gasteiger charge is 2.17. The van der Waals surface area contributed by atoms with Crippen molar-refractivity contribution in [1.82, 2.24) is 9.97 Å². The standard InChI is InChI=1S/C11H20N4OS/c1-5-11(2,16)7-13-9-6-8(12-3)14-10(15-9)17-4/h6,16H,5,7H2,1-4H3,(H2,12,13,14,15). The second-order valence-corrected chi connectivity index (χ2v) is 4.85. The van der Waals surface area contributed by atoms with Crippen LogP contribution in [0.4, 0.5) is 11.6 Å². The molecule has 1 atom stereocenters. The molecule has 5 nitrogen and oxygen atoms in total. The van der Waals surface area contributed by atoms with E-state index in [1.165, 1.54) is 11.8 Å². The van der Waals surface area contributed by atoms with Crippen LogP contribution in [0.3, 0.4) is 0 Å². The zero-order valence-corrected chi connectivity index (χ0v) is 11.6. The quantitative estimate of drug-likeness (QED) is 0.533. The Hall–Kier alpha value is -1.01. The minimum Gasteiger partial charge on any atom is -0.388 e. The van der Waals surface area contributed by atoms with Gasteiger partial charge >= 0.3 is 0 Å². The molecule has 0 aromatic carbocycles. The van der Waals surface area contributed by atoms with Crippen molar-refractivity contribution in [1.29, 1.82) is 0 Å². The van der Waals surface area contributed by atoms with E-state index >= 15 is 0 Å². The van der Waals surface area contributed by atoms with Gasteiger partial charge in [-0.25, -0.2) is 9.97 Å². The van der Waals surface area contributed by atoms with Crippen LogP contribution in [-0.4, -0.2) is 40.5 Å². The van der Waals surface area contributed by atoms with Crippen LogP contribution in [0.2, 0.25) is 0 Å². The predicted octanol–water partition coefficient (Wildman–Crippen LogP) is 1.81. The summed E-state index contributed by atoms with van der Waals surface area (Å²) in [6.45, 7) is 4.22. The summed E-state index contributed by atoms with van der Waals surface area (Å²) in [4.78, 5) is 8.60. The average Bonchev–Trinajstić information content (AvgIpc) is 2.36. The van der Waals surface area contributed by atoms with Crippen molar-refractivity contribution < 1.29 is 5.11 Å². The van der Waals surface area contributed by atoms with E-state index in [-0.39, 0.29) is 0 Å². The lowest BCUT2D eigenvalue weighted by Crippen LogP contribution is -2.32. The molecule has 1 aromatic heterocycles. The molecule has 3 N–H and O–H groups in total. The number of thioether (sulfide) groups is 1. The highest BCUT2D eigenvalue weighted by molar-refractivity contribution is 7.98. The molecular weight excluding hydrogens is 236 g/mol. The first-order valence-corrected chi connectivity index (χ1v) is 6.80. The summed E-state index contributed by atoms with van der Waals surface area (Å²) in [5.74, 6) is 1.49. The number of nitrogens with one attached hydrogen (secondary N) is 2. The van der Waals surface area contributed by atoms with E-state index in [0.717, 1.165) is 11.6 Å². The van der Waals surface area contributed by atoms with Crippen molar-refractivity contribution in [3.63, 3.8) is 0 Å². The molecule has 1 unspecified atom stereocenters. The van der Waals surface area contributed by atoms with Crippen LogP contribution in [-0.2, 0) is 0 Å². The molecular formula is C11H20N4OS. The normalized spacial score (nSPS) is 14.2. The molecule has 0 amide bonds. The Kier molecular flexibility index (Phi) is 5.02. The summed E-state index contributed by atoms with van der Waals surface area (Å²) < 4.78 is 0. The van der Waals surface area contributed by atoms with Crippen LogP contribution in [0.25, 0.3) is 0 Å². The lowest BCUT2D eigenvalue weighted by atomic mass is 10.0. The van der Waals surface area contributed by atoms with Gasteiger partial charge in [0.25, 0.3) is 0 Å². The molecule has 17 heavy (non-hydrogen) atoms. The maximum Gasteiger partial charge on any atom is 0.191 e. The van der Waals surface area contributed by atoms with Gasteiger partial charge in [-0.1, -0.05) is 18.7 Å². The Bertz CT molecular complexity index is 348. The Balaban J connectivity index is 2.76. The smallest absolute Gasteiger partial charge is 0.191 e. The zero-order valence-electron chi connectivity index (χ0n) is 10.7. The van der Waals surface area contributed by atoms with Gasteiger partial charge in [0.15, 0.2) is 5.16 Å². The summed E-state index contributed by atoms with van der Waals surface area (Å²) in [7, 11) is 1.82. The topological polar surface area (TPSA) is 70.1 Å². The fourth-order valence-electron chi connectivity index (χ4n) is 1.14. The van der Waals surface area contributed by atoms with Gasteiger partial charge in [0, 0.05) is 19.7 Å². The van der Waals surface area contributed by atoms with E-state index in [0.29, 0.717) is 18.1 Å². The highest BCUT2D eigenvalue weighted by Crippen LogP contribution is 2.18. The Morgan fingerprint density at radius 2 is 2.06 bits per heavy atom. The number of anilines is 2. The summed E-state index contributed by atoms with van der Waals surface area (Å²) in [6.07, 6.45) is 2.63. The Morgan fingerprint density at radius 3 is 2.59 bits per heavy atom. The van der Waals surface area contributed by atoms with E-state index in [9.17, 15) is 5.11 Å². The van der Waals surface area contributed by atoms with E-state index in [2.05, 4.69) is 20.6 Å². The van der Waals surface area contributed by atoms with Gasteiger partial charge < -0.3 is 15.7 Å². The highest BCUT2D eigenvalue weighted by atomic mass is 32.2. The number of nitrogens with zero attached hydrogens (tertiary/aromatic N) is 2. The number of aliphatic hydroxyl groups is 1. The Labute approximate surface area is 106 Å². The van der Waals surface area contributed by atoms with Crippen molar-refractivity contribution in [2.75, 3.05) is 30.5 Å². The fraction of sp³-hybridized carbons (Fsp3) is 0.636. The molecule has 0 aliphatic rings. The van der Waals surface area contributed by atoms with Gasteiger partial charge in [-0.2, -0.15) is 0 Å². The van der Waals surface area contributed by atoms with Gasteiger partial charge in [-0.15, -0.1) is 0 Å². The summed E-state index contributed by atoms with van der Waals surface area (Å²) in [6, 6.07) is 1.82. The van der Waals surface area contributed by atoms with Gasteiger partial charge in [-0.3, -0.25) is 0 Å². The predicted molar refractivity (Wildman–Crippen MR) is 72.8 cm³/mol. The van der Waals surface area contributed by atoms with E-state index < -0.39 is 5.60 Å². The minimum atomic E-state index is -0.718. The number of hydrogen-bond donors (Lipinski definition) is 3. The van der Waals surface area contributed by atoms with Crippen molar-refractivity contribution in [2.24, 2.45) is 0 Å². The molecule has 96 valence electrons. The van der Waals surface area contributed by atoms with Crippen LogP contribution in [0.15, 0.2) is 11.2 Å². The monoisotopic (exact) mass is 256 g/mol. The second-order valence-electron chi connectivity index (χ2n) is 4.08. The number of aromatic nitrogens is 2. The molecule has 0 saturated carbocycles. The molecule has 0 radical (unpaired) electrons. The van der Waals surface area contributed by atoms with E-state index in [1.54, 1.807) is 6.92 Å². The third kappa shape index (κ3) is 4.40. The van der Waals surface area contributed by atoms with Crippen molar-refractivity contribution >= 4 is 23.4 Å². The first-order valence-electron chi connectivity index (χ1n) is 5.58. The largest absolute Gasteiger partial charge is 0.388 e. The number of rotatable bonds is 6. The first-order chi connectivity index (χ1) is 8.00. The van der Waals surface area contributed by atoms with Crippen LogP contribution in [0.1, 0.15) is 20.3 Å². The molecule has 0 aliphatic heterocycles. The van der Waals surface area contributed by atoms with E-state index in [1.807, 2.05) is 26.3 Å². The summed E-state index contributed by atoms with van der Waals surface area (Å²) in [5, 5.41) is 16.7. The lowest BCUT2D eigenvalue weighted by molar-refractivity contribution is 0.0696. The summed E-state index contributed by atoms with van der Waals surface area (Å²) >= 11 is 1.49. The van der Waals surface area contributed by atoms with Gasteiger partial charge in [0.05, 0.1) is 5.60 Å². The maximum absolute atomic E-state index is 9.91. The maximum atomic E-state index is 9.91. The minimum absolute atomic E-state index is 0.470. The summed E-state index contributed by atoms with van der Waals surface area (Å²) in [5.41, 5.74) is -0.718. The molecule has 0 bridgehead atoms. The zero-order chi connectivity index (χ0) is 12.9. The van der Waals surface area contributed by atoms with Crippen LogP contribution < -0.4 is 10.6 Å².